The van der Waals surface area contributed by atoms with Gasteiger partial charge in [-0.15, -0.1) is 11.6 Å². The highest BCUT2D eigenvalue weighted by Gasteiger charge is 1.99. The highest BCUT2D eigenvalue weighted by Crippen LogP contribution is 2.09. The largest absolute Gasteiger partial charge is 0.508 e. The number of rotatable bonds is 7. The smallest absolute Gasteiger partial charge is 0.115 e. The molecule has 16 heavy (non-hydrogen) atoms. The van der Waals surface area contributed by atoms with Crippen molar-refractivity contribution in [1.29, 1.82) is 0 Å². The summed E-state index contributed by atoms with van der Waals surface area (Å²) in [6.07, 6.45) is 2.33. The Hall–Kier alpha value is -0.730. The number of phenols is 1. The molecule has 0 bridgehead atoms. The second-order valence-corrected chi connectivity index (χ2v) is 4.55. The highest BCUT2D eigenvalue weighted by atomic mass is 35.5. The van der Waals surface area contributed by atoms with Gasteiger partial charge >= 0.3 is 0 Å². The van der Waals surface area contributed by atoms with Gasteiger partial charge in [0, 0.05) is 12.4 Å². The molecule has 0 amide bonds. The van der Waals surface area contributed by atoms with Crippen molar-refractivity contribution in [2.24, 2.45) is 5.92 Å². The molecule has 0 radical (unpaired) electrons. The van der Waals surface area contributed by atoms with Crippen LogP contribution < -0.4 is 5.32 Å². The van der Waals surface area contributed by atoms with E-state index in [0.717, 1.165) is 25.4 Å². The normalized spacial score (nSPS) is 12.6. The molecule has 1 atom stereocenters. The molecule has 0 spiro atoms. The summed E-state index contributed by atoms with van der Waals surface area (Å²) in [5.74, 6) is 1.68. The van der Waals surface area contributed by atoms with Gasteiger partial charge in [-0.1, -0.05) is 19.1 Å². The maximum Gasteiger partial charge on any atom is 0.115 e. The number of hydrogen-bond acceptors (Lipinski definition) is 2. The molecule has 3 heteroatoms. The van der Waals surface area contributed by atoms with E-state index in [4.69, 9.17) is 16.7 Å². The SMILES string of the molecule is CC(CCl)CCCNCc1ccc(O)cc1. The molecule has 1 aromatic rings. The van der Waals surface area contributed by atoms with Crippen LogP contribution in [0, 0.1) is 5.92 Å². The predicted octanol–water partition coefficient (Wildman–Crippen LogP) is 3.14. The summed E-state index contributed by atoms with van der Waals surface area (Å²) in [5, 5.41) is 12.5. The van der Waals surface area contributed by atoms with Gasteiger partial charge in [0.25, 0.3) is 0 Å². The Kier molecular flexibility index (Phi) is 6.27. The molecule has 90 valence electrons. The molecule has 0 aromatic heterocycles. The molecule has 0 aliphatic carbocycles. The van der Waals surface area contributed by atoms with E-state index in [1.54, 1.807) is 12.1 Å². The van der Waals surface area contributed by atoms with Crippen LogP contribution in [0.15, 0.2) is 24.3 Å². The lowest BCUT2D eigenvalue weighted by molar-refractivity contribution is 0.475. The summed E-state index contributed by atoms with van der Waals surface area (Å²) in [6, 6.07) is 7.30. The van der Waals surface area contributed by atoms with E-state index < -0.39 is 0 Å². The minimum atomic E-state index is 0.319. The Morgan fingerprint density at radius 1 is 1.31 bits per heavy atom. The lowest BCUT2D eigenvalue weighted by Gasteiger charge is -2.08. The Balaban J connectivity index is 2.09. The molecule has 1 rings (SSSR count). The number of phenolic OH excluding ortho intramolecular Hbond substituents is 1. The molecule has 0 heterocycles. The molecule has 0 aliphatic rings. The molecule has 0 saturated heterocycles. The van der Waals surface area contributed by atoms with Gasteiger partial charge in [0.2, 0.25) is 0 Å². The first-order valence-corrected chi connectivity index (χ1v) is 6.30. The maximum atomic E-state index is 9.12. The van der Waals surface area contributed by atoms with E-state index in [9.17, 15) is 0 Å². The predicted molar refractivity (Wildman–Crippen MR) is 68.9 cm³/mol. The summed E-state index contributed by atoms with van der Waals surface area (Å²) in [5.41, 5.74) is 1.20. The molecule has 2 nitrogen and oxygen atoms in total. The standard InChI is InChI=1S/C13H20ClNO/c1-11(9-14)3-2-8-15-10-12-4-6-13(16)7-5-12/h4-7,11,15-16H,2-3,8-10H2,1H3. The topological polar surface area (TPSA) is 32.3 Å². The quantitative estimate of drug-likeness (QED) is 0.568. The Bertz CT molecular complexity index is 286. The van der Waals surface area contributed by atoms with Crippen molar-refractivity contribution in [3.63, 3.8) is 0 Å². The van der Waals surface area contributed by atoms with E-state index in [2.05, 4.69) is 12.2 Å². The number of nitrogens with one attached hydrogen (secondary N) is 1. The van der Waals surface area contributed by atoms with Crippen LogP contribution in [0.4, 0.5) is 0 Å². The molecule has 1 unspecified atom stereocenters. The molecule has 2 N–H and O–H groups in total. The fraction of sp³-hybridized carbons (Fsp3) is 0.538. The second kappa shape index (κ2) is 7.53. The number of halogens is 1. The summed E-state index contributed by atoms with van der Waals surface area (Å²) in [6.45, 7) is 4.05. The fourth-order valence-corrected chi connectivity index (χ4v) is 1.65. The number of hydrogen-bond donors (Lipinski definition) is 2. The molecular formula is C13H20ClNO. The second-order valence-electron chi connectivity index (χ2n) is 4.24. The van der Waals surface area contributed by atoms with Crippen LogP contribution in [0.2, 0.25) is 0 Å². The van der Waals surface area contributed by atoms with Crippen LogP contribution in [0.5, 0.6) is 5.75 Å². The molecule has 0 saturated carbocycles. The molecule has 1 aromatic carbocycles. The van der Waals surface area contributed by atoms with Crippen molar-refractivity contribution in [1.82, 2.24) is 5.32 Å². The van der Waals surface area contributed by atoms with E-state index in [0.29, 0.717) is 11.7 Å². The summed E-state index contributed by atoms with van der Waals surface area (Å²) >= 11 is 5.73. The molecule has 0 aliphatic heterocycles. The number of benzene rings is 1. The first-order valence-electron chi connectivity index (χ1n) is 5.77. The van der Waals surface area contributed by atoms with E-state index in [1.807, 2.05) is 12.1 Å². The van der Waals surface area contributed by atoms with Gasteiger partial charge in [-0.2, -0.15) is 0 Å². The van der Waals surface area contributed by atoms with E-state index in [-0.39, 0.29) is 0 Å². The minimum Gasteiger partial charge on any atom is -0.508 e. The molecular weight excluding hydrogens is 222 g/mol. The van der Waals surface area contributed by atoms with Gasteiger partial charge in [-0.05, 0) is 43.0 Å². The van der Waals surface area contributed by atoms with Gasteiger partial charge in [-0.3, -0.25) is 0 Å². The minimum absolute atomic E-state index is 0.319. The zero-order chi connectivity index (χ0) is 11.8. The maximum absolute atomic E-state index is 9.12. The average Bonchev–Trinajstić information content (AvgIpc) is 2.31. The lowest BCUT2D eigenvalue weighted by atomic mass is 10.1. The third-order valence-electron chi connectivity index (χ3n) is 2.58. The first kappa shape index (κ1) is 13.3. The third kappa shape index (κ3) is 5.38. The summed E-state index contributed by atoms with van der Waals surface area (Å²) in [7, 11) is 0. The Morgan fingerprint density at radius 3 is 2.62 bits per heavy atom. The van der Waals surface area contributed by atoms with Crippen molar-refractivity contribution in [2.45, 2.75) is 26.3 Å². The van der Waals surface area contributed by atoms with E-state index >= 15 is 0 Å². The van der Waals surface area contributed by atoms with Crippen molar-refractivity contribution < 1.29 is 5.11 Å². The van der Waals surface area contributed by atoms with Crippen LogP contribution in [-0.4, -0.2) is 17.5 Å². The lowest BCUT2D eigenvalue weighted by Crippen LogP contribution is -2.15. The van der Waals surface area contributed by atoms with Gasteiger partial charge in [0.05, 0.1) is 0 Å². The van der Waals surface area contributed by atoms with Crippen molar-refractivity contribution in [3.8, 4) is 5.75 Å². The van der Waals surface area contributed by atoms with Gasteiger partial charge < -0.3 is 10.4 Å². The van der Waals surface area contributed by atoms with Crippen LogP contribution >= 0.6 is 11.6 Å². The third-order valence-corrected chi connectivity index (χ3v) is 3.11. The Labute approximate surface area is 103 Å². The Morgan fingerprint density at radius 2 is 2.00 bits per heavy atom. The van der Waals surface area contributed by atoms with Gasteiger partial charge in [-0.25, -0.2) is 0 Å². The fourth-order valence-electron chi connectivity index (χ4n) is 1.50. The summed E-state index contributed by atoms with van der Waals surface area (Å²) in [4.78, 5) is 0. The summed E-state index contributed by atoms with van der Waals surface area (Å²) < 4.78 is 0. The van der Waals surface area contributed by atoms with Crippen LogP contribution in [0.1, 0.15) is 25.3 Å². The zero-order valence-electron chi connectivity index (χ0n) is 9.75. The molecule has 0 fully saturated rings. The highest BCUT2D eigenvalue weighted by molar-refractivity contribution is 6.18. The van der Waals surface area contributed by atoms with Crippen molar-refractivity contribution >= 4 is 11.6 Å². The number of aromatic hydroxyl groups is 1. The van der Waals surface area contributed by atoms with Gasteiger partial charge in [0.1, 0.15) is 5.75 Å². The van der Waals surface area contributed by atoms with Crippen LogP contribution in [-0.2, 0) is 6.54 Å². The first-order chi connectivity index (χ1) is 7.72. The van der Waals surface area contributed by atoms with Crippen LogP contribution in [0.3, 0.4) is 0 Å². The van der Waals surface area contributed by atoms with Gasteiger partial charge in [0.15, 0.2) is 0 Å². The van der Waals surface area contributed by atoms with Crippen LogP contribution in [0.25, 0.3) is 0 Å². The zero-order valence-corrected chi connectivity index (χ0v) is 10.5. The van der Waals surface area contributed by atoms with Crippen molar-refractivity contribution in [3.05, 3.63) is 29.8 Å². The monoisotopic (exact) mass is 241 g/mol. The van der Waals surface area contributed by atoms with E-state index in [1.165, 1.54) is 12.0 Å². The number of alkyl halides is 1. The van der Waals surface area contributed by atoms with Crippen molar-refractivity contribution in [2.75, 3.05) is 12.4 Å². The average molecular weight is 242 g/mol.